The maximum Gasteiger partial charge on any atom is 0.408 e. The van der Waals surface area contributed by atoms with E-state index >= 15 is 0 Å². The molecule has 3 amide bonds. The molecule has 238 valence electrons. The molecule has 2 aromatic carbocycles. The largest absolute Gasteiger partial charge is 0.480 e. The molecule has 11 heteroatoms. The Balaban J connectivity index is 1.80. The van der Waals surface area contributed by atoms with Gasteiger partial charge in [0.1, 0.15) is 30.3 Å². The summed E-state index contributed by atoms with van der Waals surface area (Å²) in [6, 6.07) is 13.2. The first-order chi connectivity index (χ1) is 20.7. The maximum atomic E-state index is 13.7. The second-order valence-electron chi connectivity index (χ2n) is 12.4. The van der Waals surface area contributed by atoms with E-state index in [9.17, 15) is 29.1 Å². The normalized spacial score (nSPS) is 15.0. The lowest BCUT2D eigenvalue weighted by Gasteiger charge is -2.29. The molecule has 0 aromatic heterocycles. The molecule has 0 bridgehead atoms. The quantitative estimate of drug-likeness (QED) is 0.251. The second-order valence-corrected chi connectivity index (χ2v) is 12.4. The van der Waals surface area contributed by atoms with Crippen LogP contribution in [0, 0.1) is 11.8 Å². The fourth-order valence-corrected chi connectivity index (χ4v) is 5.07. The highest BCUT2D eigenvalue weighted by molar-refractivity contribution is 5.93. The topological polar surface area (TPSA) is 160 Å². The first-order valence-electron chi connectivity index (χ1n) is 14.8. The summed E-state index contributed by atoms with van der Waals surface area (Å²) < 4.78 is 10.7. The number of hydrogen-bond acceptors (Lipinski definition) is 7. The van der Waals surface area contributed by atoms with Crippen LogP contribution in [0.3, 0.4) is 0 Å². The van der Waals surface area contributed by atoms with Crippen molar-refractivity contribution in [1.82, 2.24) is 16.0 Å². The third kappa shape index (κ3) is 10.4. The molecule has 1 aliphatic rings. The molecule has 0 saturated carbocycles. The van der Waals surface area contributed by atoms with E-state index in [1.54, 1.807) is 58.9 Å². The van der Waals surface area contributed by atoms with Gasteiger partial charge in [0.2, 0.25) is 11.8 Å². The van der Waals surface area contributed by atoms with Gasteiger partial charge in [-0.05, 0) is 68.6 Å². The molecular formula is C33H43N3O8. The number of carbonyl (C=O) groups excluding carboxylic acids is 4. The van der Waals surface area contributed by atoms with Crippen molar-refractivity contribution in [2.24, 2.45) is 11.8 Å². The number of benzene rings is 2. The van der Waals surface area contributed by atoms with Crippen LogP contribution in [0.4, 0.5) is 4.79 Å². The average Bonchev–Trinajstić information content (AvgIpc) is 3.38. The summed E-state index contributed by atoms with van der Waals surface area (Å²) in [6.07, 6.45) is -0.205. The predicted molar refractivity (Wildman–Crippen MR) is 162 cm³/mol. The molecule has 0 saturated heterocycles. The van der Waals surface area contributed by atoms with Gasteiger partial charge >= 0.3 is 18.0 Å². The first-order valence-corrected chi connectivity index (χ1v) is 14.8. The monoisotopic (exact) mass is 609 g/mol. The fraction of sp³-hybridized carbons (Fsp3) is 0.485. The summed E-state index contributed by atoms with van der Waals surface area (Å²) in [7, 11) is 0. The predicted octanol–water partition coefficient (Wildman–Crippen LogP) is 3.53. The van der Waals surface area contributed by atoms with Crippen molar-refractivity contribution in [1.29, 1.82) is 0 Å². The summed E-state index contributed by atoms with van der Waals surface area (Å²) in [6.45, 7) is 8.48. The van der Waals surface area contributed by atoms with Crippen molar-refractivity contribution in [3.63, 3.8) is 0 Å². The van der Waals surface area contributed by atoms with E-state index in [-0.39, 0.29) is 25.4 Å². The fourth-order valence-electron chi connectivity index (χ4n) is 5.07. The minimum atomic E-state index is -1.25. The van der Waals surface area contributed by atoms with Gasteiger partial charge in [-0.3, -0.25) is 14.4 Å². The minimum Gasteiger partial charge on any atom is -0.480 e. The van der Waals surface area contributed by atoms with Crippen molar-refractivity contribution in [2.45, 2.75) is 90.6 Å². The third-order valence-corrected chi connectivity index (χ3v) is 7.24. The number of rotatable bonds is 13. The maximum absolute atomic E-state index is 13.7. The van der Waals surface area contributed by atoms with Gasteiger partial charge in [0.15, 0.2) is 0 Å². The molecular weight excluding hydrogens is 566 g/mol. The van der Waals surface area contributed by atoms with Gasteiger partial charge in [-0.25, -0.2) is 9.59 Å². The van der Waals surface area contributed by atoms with E-state index in [4.69, 9.17) is 9.47 Å². The Morgan fingerprint density at radius 3 is 2.00 bits per heavy atom. The van der Waals surface area contributed by atoms with E-state index in [1.165, 1.54) is 0 Å². The number of hydrogen-bond donors (Lipinski definition) is 4. The minimum absolute atomic E-state index is 0.0375. The zero-order valence-corrected chi connectivity index (χ0v) is 25.9. The Kier molecular flexibility index (Phi) is 11.9. The van der Waals surface area contributed by atoms with Crippen LogP contribution in [0.1, 0.15) is 64.2 Å². The van der Waals surface area contributed by atoms with Crippen LogP contribution in [0.15, 0.2) is 54.6 Å². The van der Waals surface area contributed by atoms with E-state index in [2.05, 4.69) is 16.0 Å². The van der Waals surface area contributed by atoms with E-state index in [0.29, 0.717) is 12.8 Å². The Hall–Kier alpha value is -4.41. The van der Waals surface area contributed by atoms with Crippen LogP contribution in [0.2, 0.25) is 0 Å². The van der Waals surface area contributed by atoms with Gasteiger partial charge < -0.3 is 30.5 Å². The molecule has 0 heterocycles. The Labute approximate surface area is 258 Å². The zero-order chi connectivity index (χ0) is 32.4. The van der Waals surface area contributed by atoms with Gasteiger partial charge in [0.05, 0.1) is 0 Å². The molecule has 2 aromatic rings. The Bertz CT molecular complexity index is 1300. The van der Waals surface area contributed by atoms with Crippen LogP contribution in [-0.4, -0.2) is 58.7 Å². The lowest BCUT2D eigenvalue weighted by Crippen LogP contribution is -2.59. The van der Waals surface area contributed by atoms with Crippen molar-refractivity contribution >= 4 is 29.8 Å². The molecule has 0 fully saturated rings. The highest BCUT2D eigenvalue weighted by Crippen LogP contribution is 2.29. The van der Waals surface area contributed by atoms with E-state index in [1.807, 2.05) is 30.3 Å². The molecule has 44 heavy (non-hydrogen) atoms. The average molecular weight is 610 g/mol. The standard InChI is InChI=1S/C33H43N3O8/c1-20(2)27(31(40)41)35-30(39)28(24-17-22-13-9-10-14-23(22)18-24)36-29(38)25(15-16-26(37)44-33(3,4)5)34-32(42)43-19-21-11-7-6-8-12-21/h6-14,20,24-25,27-28H,15-19H2,1-5H3,(H,34,42)(H,35,39)(H,36,38)(H,40,41). The smallest absolute Gasteiger partial charge is 0.408 e. The molecule has 11 nitrogen and oxygen atoms in total. The Morgan fingerprint density at radius 2 is 1.45 bits per heavy atom. The number of carboxylic acids is 1. The van der Waals surface area contributed by atoms with Crippen LogP contribution in [0.25, 0.3) is 0 Å². The van der Waals surface area contributed by atoms with Crippen LogP contribution >= 0.6 is 0 Å². The zero-order valence-electron chi connectivity index (χ0n) is 25.9. The van der Waals surface area contributed by atoms with Gasteiger partial charge in [-0.1, -0.05) is 68.4 Å². The molecule has 0 aliphatic heterocycles. The Morgan fingerprint density at radius 1 is 0.864 bits per heavy atom. The SMILES string of the molecule is CC(C)C(NC(=O)C(NC(=O)C(CCC(=O)OC(C)(C)C)NC(=O)OCc1ccccc1)C1Cc2ccccc2C1)C(=O)O. The lowest BCUT2D eigenvalue weighted by molar-refractivity contribution is -0.155. The van der Waals surface area contributed by atoms with E-state index in [0.717, 1.165) is 16.7 Å². The van der Waals surface area contributed by atoms with Crippen LogP contribution in [0.5, 0.6) is 0 Å². The number of aliphatic carboxylic acids is 1. The molecule has 4 N–H and O–H groups in total. The highest BCUT2D eigenvalue weighted by Gasteiger charge is 2.38. The molecule has 0 spiro atoms. The molecule has 3 atom stereocenters. The van der Waals surface area contributed by atoms with Crippen molar-refractivity contribution < 1.29 is 38.6 Å². The van der Waals surface area contributed by atoms with E-state index < -0.39 is 59.5 Å². The van der Waals surface area contributed by atoms with Gasteiger partial charge in [-0.15, -0.1) is 0 Å². The van der Waals surface area contributed by atoms with Gasteiger partial charge in [-0.2, -0.15) is 0 Å². The molecule has 3 rings (SSSR count). The highest BCUT2D eigenvalue weighted by atomic mass is 16.6. The summed E-state index contributed by atoms with van der Waals surface area (Å²) in [5.74, 6) is -3.87. The van der Waals surface area contributed by atoms with Crippen LogP contribution < -0.4 is 16.0 Å². The lowest BCUT2D eigenvalue weighted by atomic mass is 9.94. The third-order valence-electron chi connectivity index (χ3n) is 7.24. The molecule has 3 unspecified atom stereocenters. The second kappa shape index (κ2) is 15.4. The number of carboxylic acid groups (broad SMARTS) is 1. The summed E-state index contributed by atoms with van der Waals surface area (Å²) in [4.78, 5) is 64.4. The number of fused-ring (bicyclic) bond motifs is 1. The number of carbonyl (C=O) groups is 5. The number of alkyl carbamates (subject to hydrolysis) is 1. The summed E-state index contributed by atoms with van der Waals surface area (Å²) in [5.41, 5.74) is 2.07. The molecule has 0 radical (unpaired) electrons. The van der Waals surface area contributed by atoms with Crippen molar-refractivity contribution in [2.75, 3.05) is 0 Å². The molecule has 1 aliphatic carbocycles. The van der Waals surface area contributed by atoms with Crippen molar-refractivity contribution in [3.8, 4) is 0 Å². The summed E-state index contributed by atoms with van der Waals surface area (Å²) >= 11 is 0. The number of ether oxygens (including phenoxy) is 2. The van der Waals surface area contributed by atoms with Gasteiger partial charge in [0.25, 0.3) is 0 Å². The number of amides is 3. The number of esters is 1. The van der Waals surface area contributed by atoms with Gasteiger partial charge in [0, 0.05) is 6.42 Å². The first kappa shape index (κ1) is 34.1. The van der Waals surface area contributed by atoms with Crippen LogP contribution in [-0.2, 0) is 48.1 Å². The number of nitrogens with one attached hydrogen (secondary N) is 3. The summed E-state index contributed by atoms with van der Waals surface area (Å²) in [5, 5.41) is 17.5. The van der Waals surface area contributed by atoms with Crippen molar-refractivity contribution in [3.05, 3.63) is 71.3 Å².